The first-order valence-electron chi connectivity index (χ1n) is 2.84. The molecule has 0 fully saturated rings. The Bertz CT molecular complexity index is 107. The first kappa shape index (κ1) is 8.67. The number of carboxylic acids is 1. The van der Waals surface area contributed by atoms with Crippen LogP contribution in [0.25, 0.3) is 0 Å². The normalized spacial score (nSPS) is 8.56. The molecule has 0 bridgehead atoms. The van der Waals surface area contributed by atoms with E-state index in [0.717, 1.165) is 0 Å². The molecule has 0 aliphatic heterocycles. The molecule has 4 heteroatoms. The number of carbonyl (C=O) groups excluding carboxylic acids is 1. The van der Waals surface area contributed by atoms with Crippen LogP contribution in [-0.4, -0.2) is 32.1 Å². The summed E-state index contributed by atoms with van der Waals surface area (Å²) in [5.41, 5.74) is 0. The minimum absolute atomic E-state index is 0.114. The Morgan fingerprint density at radius 2 is 2.00 bits per heavy atom. The van der Waals surface area contributed by atoms with Crippen molar-refractivity contribution in [2.45, 2.75) is 17.5 Å². The molecule has 0 radical (unpaired) electrons. The number of rotatable bonds is 4. The fraction of sp³-hybridized carbons (Fsp3) is 0.600. The molecule has 0 saturated heterocycles. The molecule has 0 aliphatic rings. The summed E-state index contributed by atoms with van der Waals surface area (Å²) in [7, 11) is 0. The van der Waals surface area contributed by atoms with Crippen molar-refractivity contribution < 1.29 is 14.7 Å². The third-order valence-corrected chi connectivity index (χ3v) is 2.76. The molecular weight excluding hydrogens is 135 g/mol. The first-order valence-corrected chi connectivity index (χ1v) is 4.84. The zero-order valence-electron chi connectivity index (χ0n) is 5.39. The van der Waals surface area contributed by atoms with Gasteiger partial charge in [0.1, 0.15) is 5.78 Å². The fourth-order valence-electron chi connectivity index (χ4n) is 0.489. The Morgan fingerprint density at radius 1 is 1.44 bits per heavy atom. The van der Waals surface area contributed by atoms with Crippen LogP contribution in [0.2, 0.25) is 10.6 Å². The van der Waals surface area contributed by atoms with E-state index in [4.69, 9.17) is 5.11 Å². The summed E-state index contributed by atoms with van der Waals surface area (Å²) < 4.78 is 0. The van der Waals surface area contributed by atoms with E-state index in [9.17, 15) is 9.59 Å². The Kier molecular flexibility index (Phi) is 4.38. The Labute approximate surface area is 59.8 Å². The lowest BCUT2D eigenvalue weighted by Gasteiger charge is -1.86. The molecule has 0 aromatic heterocycles. The third-order valence-electron chi connectivity index (χ3n) is 0.919. The minimum atomic E-state index is -0.775. The molecule has 3 nitrogen and oxygen atoms in total. The summed E-state index contributed by atoms with van der Waals surface area (Å²) in [5.74, 6) is -0.661. The maximum atomic E-state index is 10.3. The molecule has 50 valence electrons. The highest BCUT2D eigenvalue weighted by atomic mass is 27.1. The number of aliphatic carboxylic acids is 1. The van der Waals surface area contributed by atoms with E-state index in [-0.39, 0.29) is 11.1 Å². The summed E-state index contributed by atoms with van der Waals surface area (Å²) in [6.45, 7) is 1.49. The van der Waals surface area contributed by atoms with Gasteiger partial charge in [0.25, 0.3) is 21.2 Å². The van der Waals surface area contributed by atoms with Gasteiger partial charge in [-0.3, -0.25) is 4.79 Å². The van der Waals surface area contributed by atoms with Crippen molar-refractivity contribution in [3.05, 3.63) is 0 Å². The number of carbonyl (C=O) groups is 2. The van der Waals surface area contributed by atoms with E-state index in [2.05, 4.69) is 0 Å². The molecule has 9 heavy (non-hydrogen) atoms. The van der Waals surface area contributed by atoms with Crippen LogP contribution in [0.4, 0.5) is 0 Å². The SMILES string of the molecule is CC(=O)[CH2][AlH][CH2]C(=O)O. The van der Waals surface area contributed by atoms with Crippen LogP contribution in [0.15, 0.2) is 0 Å². The van der Waals surface area contributed by atoms with Crippen LogP contribution in [0, 0.1) is 0 Å². The standard InChI is InChI=1S/C3H5O.C2H3O2.Al.H/c1-3(2)4;1-2(3)4;;/h1H2,2H3;1H2,(H,3,4);;. The van der Waals surface area contributed by atoms with Crippen molar-refractivity contribution in [2.75, 3.05) is 0 Å². The Hall–Kier alpha value is -0.328. The number of hydrogen-bond acceptors (Lipinski definition) is 2. The van der Waals surface area contributed by atoms with Crippen LogP contribution in [0.5, 0.6) is 0 Å². The van der Waals surface area contributed by atoms with E-state index >= 15 is 0 Å². The quantitative estimate of drug-likeness (QED) is 0.562. The van der Waals surface area contributed by atoms with Gasteiger partial charge in [-0.15, -0.1) is 0 Å². The minimum Gasteiger partial charge on any atom is -0.482 e. The van der Waals surface area contributed by atoms with E-state index in [1.54, 1.807) is 0 Å². The first-order chi connectivity index (χ1) is 4.13. The molecule has 0 heterocycles. The van der Waals surface area contributed by atoms with Crippen molar-refractivity contribution in [2.24, 2.45) is 0 Å². The molecule has 0 amide bonds. The van der Waals surface area contributed by atoms with E-state index in [1.165, 1.54) is 6.92 Å². The number of Topliss-reactive ketones (excluding diaryl/α,β-unsaturated/α-hetero) is 1. The molecule has 0 aromatic rings. The molecule has 0 atom stereocenters. The van der Waals surface area contributed by atoms with Crippen LogP contribution in [0.3, 0.4) is 0 Å². The summed E-state index contributed by atoms with van der Waals surface area (Å²) in [4.78, 5) is 20.2. The van der Waals surface area contributed by atoms with Crippen molar-refractivity contribution in [3.63, 3.8) is 0 Å². The summed E-state index contributed by atoms with van der Waals surface area (Å²) in [5, 5.41) is 8.91. The lowest BCUT2D eigenvalue weighted by atomic mass is 10.5. The smallest absolute Gasteiger partial charge is 0.289 e. The molecular formula is C5H9AlO3. The average molecular weight is 144 g/mol. The molecule has 0 rings (SSSR count). The Morgan fingerprint density at radius 3 is 2.33 bits per heavy atom. The predicted octanol–water partition coefficient (Wildman–Crippen LogP) is -0.0669. The summed E-state index contributed by atoms with van der Waals surface area (Å²) in [6.07, 6.45) is 0. The van der Waals surface area contributed by atoms with Crippen molar-refractivity contribution in [3.8, 4) is 0 Å². The van der Waals surface area contributed by atoms with Gasteiger partial charge in [-0.1, -0.05) is 0 Å². The van der Waals surface area contributed by atoms with Gasteiger partial charge in [-0.05, 0) is 17.5 Å². The van der Waals surface area contributed by atoms with Gasteiger partial charge in [0.2, 0.25) is 0 Å². The maximum Gasteiger partial charge on any atom is 0.289 e. The third kappa shape index (κ3) is 7.67. The topological polar surface area (TPSA) is 54.4 Å². The lowest BCUT2D eigenvalue weighted by molar-refractivity contribution is -0.134. The van der Waals surface area contributed by atoms with Gasteiger partial charge in [0, 0.05) is 0 Å². The van der Waals surface area contributed by atoms with Crippen molar-refractivity contribution >= 4 is 27.0 Å². The van der Waals surface area contributed by atoms with Gasteiger partial charge < -0.3 is 9.90 Å². The predicted molar refractivity (Wildman–Crippen MR) is 35.1 cm³/mol. The van der Waals surface area contributed by atoms with Crippen LogP contribution in [-0.2, 0) is 9.59 Å². The number of hydrogen-bond donors (Lipinski definition) is 1. The number of carboxylic acid groups (broad SMARTS) is 1. The summed E-state index contributed by atoms with van der Waals surface area (Å²) in [6, 6.07) is 0. The molecule has 0 unspecified atom stereocenters. The molecule has 0 aliphatic carbocycles. The number of ketones is 1. The van der Waals surface area contributed by atoms with Crippen LogP contribution >= 0.6 is 0 Å². The highest BCUT2D eigenvalue weighted by Gasteiger charge is 2.01. The second kappa shape index (κ2) is 4.54. The van der Waals surface area contributed by atoms with E-state index in [1.807, 2.05) is 0 Å². The highest BCUT2D eigenvalue weighted by molar-refractivity contribution is 6.45. The molecule has 0 saturated carbocycles. The zero-order chi connectivity index (χ0) is 7.28. The fourth-order valence-corrected chi connectivity index (χ4v) is 1.47. The molecule has 0 aromatic carbocycles. The van der Waals surface area contributed by atoms with Crippen molar-refractivity contribution in [1.29, 1.82) is 0 Å². The van der Waals surface area contributed by atoms with Gasteiger partial charge in [-0.2, -0.15) is 0 Å². The van der Waals surface area contributed by atoms with Crippen molar-refractivity contribution in [1.82, 2.24) is 0 Å². The van der Waals surface area contributed by atoms with Gasteiger partial charge in [0.15, 0.2) is 0 Å². The van der Waals surface area contributed by atoms with Gasteiger partial charge >= 0.3 is 0 Å². The molecule has 0 spiro atoms. The summed E-state index contributed by atoms with van der Waals surface area (Å²) >= 11 is -0.633. The van der Waals surface area contributed by atoms with E-state index < -0.39 is 21.2 Å². The zero-order valence-corrected chi connectivity index (χ0v) is 6.80. The second-order valence-electron chi connectivity index (χ2n) is 1.95. The molecule has 1 N–H and O–H groups in total. The largest absolute Gasteiger partial charge is 0.482 e. The Balaban J connectivity index is 3.10. The maximum absolute atomic E-state index is 10.3. The second-order valence-corrected chi connectivity index (χ2v) is 3.66. The average Bonchev–Trinajstić information content (AvgIpc) is 1.63. The lowest BCUT2D eigenvalue weighted by Crippen LogP contribution is -2.03. The van der Waals surface area contributed by atoms with Crippen LogP contribution in [0.1, 0.15) is 6.92 Å². The van der Waals surface area contributed by atoms with Gasteiger partial charge in [0.05, 0.1) is 0 Å². The monoisotopic (exact) mass is 144 g/mol. The van der Waals surface area contributed by atoms with E-state index in [0.29, 0.717) is 5.28 Å². The highest BCUT2D eigenvalue weighted by Crippen LogP contribution is 1.86. The van der Waals surface area contributed by atoms with Gasteiger partial charge in [-0.25, -0.2) is 0 Å². The van der Waals surface area contributed by atoms with Crippen LogP contribution < -0.4 is 0 Å².